The summed E-state index contributed by atoms with van der Waals surface area (Å²) in [4.78, 5) is 35.1. The molecule has 0 saturated heterocycles. The van der Waals surface area contributed by atoms with Gasteiger partial charge in [-0.2, -0.15) is 0 Å². The molecule has 35 heavy (non-hydrogen) atoms. The van der Waals surface area contributed by atoms with Gasteiger partial charge in [-0.1, -0.05) is 0 Å². The summed E-state index contributed by atoms with van der Waals surface area (Å²) in [6, 6.07) is 9.08. The first-order valence-electron chi connectivity index (χ1n) is 9.98. The fraction of sp³-hybridized carbons (Fsp3) is 0.0909. The van der Waals surface area contributed by atoms with Crippen molar-refractivity contribution in [3.8, 4) is 11.6 Å². The monoisotopic (exact) mass is 575 g/mol. The van der Waals surface area contributed by atoms with E-state index >= 15 is 0 Å². The van der Waals surface area contributed by atoms with E-state index in [1.807, 2.05) is 13.8 Å². The lowest BCUT2D eigenvalue weighted by Crippen LogP contribution is -2.31. The highest BCUT2D eigenvalue weighted by molar-refractivity contribution is 9.10. The summed E-state index contributed by atoms with van der Waals surface area (Å²) in [6.07, 6.45) is 2.59. The standard InChI is InChI=1S/C22H18BrN5O5S2/c1-12-9-17(23)18(10-13(12)2)28-20(30)16(19(29)26-22(28)31)11-25-14-3-5-15(6-4-14)35(32,33)27-21-24-7-8-34-21/h3-11,30H,1-2H3,(H,24,27)(H,26,29,31). The third-order valence-corrected chi connectivity index (χ3v) is 7.88. The van der Waals surface area contributed by atoms with Crippen LogP contribution in [0, 0.1) is 13.8 Å². The maximum absolute atomic E-state index is 12.5. The van der Waals surface area contributed by atoms with Crippen molar-refractivity contribution in [3.63, 3.8) is 0 Å². The van der Waals surface area contributed by atoms with E-state index < -0.39 is 27.2 Å². The number of halogens is 1. The van der Waals surface area contributed by atoms with E-state index in [9.17, 15) is 23.1 Å². The maximum Gasteiger partial charge on any atom is 0.335 e. The highest BCUT2D eigenvalue weighted by atomic mass is 79.9. The van der Waals surface area contributed by atoms with Crippen molar-refractivity contribution in [2.45, 2.75) is 18.7 Å². The van der Waals surface area contributed by atoms with E-state index in [-0.39, 0.29) is 15.6 Å². The van der Waals surface area contributed by atoms with Gasteiger partial charge in [0.05, 0.1) is 16.3 Å². The first kappa shape index (κ1) is 24.6. The van der Waals surface area contributed by atoms with Gasteiger partial charge < -0.3 is 5.11 Å². The summed E-state index contributed by atoms with van der Waals surface area (Å²) in [5.74, 6) is -0.585. The van der Waals surface area contributed by atoms with Crippen LogP contribution in [0.15, 0.2) is 71.9 Å². The largest absolute Gasteiger partial charge is 0.493 e. The fourth-order valence-corrected chi connectivity index (χ4v) is 5.54. The predicted octanol–water partition coefficient (Wildman–Crippen LogP) is 3.62. The second-order valence-electron chi connectivity index (χ2n) is 7.41. The molecule has 0 spiro atoms. The molecule has 0 aliphatic heterocycles. The van der Waals surface area contributed by atoms with Crippen LogP contribution in [-0.2, 0) is 10.0 Å². The minimum atomic E-state index is -3.82. The zero-order chi connectivity index (χ0) is 25.3. The van der Waals surface area contributed by atoms with Crippen molar-refractivity contribution >= 4 is 54.3 Å². The summed E-state index contributed by atoms with van der Waals surface area (Å²) < 4.78 is 28.8. The van der Waals surface area contributed by atoms with Gasteiger partial charge in [0.1, 0.15) is 5.56 Å². The normalized spacial score (nSPS) is 11.7. The molecule has 0 amide bonds. The van der Waals surface area contributed by atoms with Crippen LogP contribution in [0.1, 0.15) is 16.7 Å². The van der Waals surface area contributed by atoms with Gasteiger partial charge >= 0.3 is 5.69 Å². The molecule has 0 fully saturated rings. The predicted molar refractivity (Wildman–Crippen MR) is 138 cm³/mol. The van der Waals surface area contributed by atoms with Gasteiger partial charge in [-0.25, -0.2) is 22.8 Å². The molecule has 180 valence electrons. The van der Waals surface area contributed by atoms with Gasteiger partial charge in [0.2, 0.25) is 5.88 Å². The summed E-state index contributed by atoms with van der Waals surface area (Å²) in [7, 11) is -3.82. The number of aromatic nitrogens is 3. The highest BCUT2D eigenvalue weighted by Gasteiger charge is 2.18. The second kappa shape index (κ2) is 9.60. The molecular weight excluding hydrogens is 558 g/mol. The van der Waals surface area contributed by atoms with Gasteiger partial charge in [0.25, 0.3) is 15.6 Å². The number of nitrogens with one attached hydrogen (secondary N) is 2. The molecule has 13 heteroatoms. The summed E-state index contributed by atoms with van der Waals surface area (Å²) in [5.41, 5.74) is 0.667. The molecule has 0 aliphatic rings. The Labute approximate surface area is 211 Å². The Morgan fingerprint density at radius 2 is 1.86 bits per heavy atom. The minimum Gasteiger partial charge on any atom is -0.493 e. The fourth-order valence-electron chi connectivity index (χ4n) is 3.11. The molecule has 0 saturated carbocycles. The van der Waals surface area contributed by atoms with Crippen molar-refractivity contribution in [1.29, 1.82) is 0 Å². The SMILES string of the molecule is Cc1cc(Br)c(-n2c(O)c(C=Nc3ccc(S(=O)(=O)Nc4nccs4)cc3)c(=O)[nH]c2=O)cc1C. The molecule has 4 rings (SSSR count). The Morgan fingerprint density at radius 3 is 2.51 bits per heavy atom. The van der Waals surface area contributed by atoms with Crippen molar-refractivity contribution in [3.05, 3.63) is 90.0 Å². The van der Waals surface area contributed by atoms with Crippen molar-refractivity contribution in [2.75, 3.05) is 4.72 Å². The highest BCUT2D eigenvalue weighted by Crippen LogP contribution is 2.27. The molecule has 3 N–H and O–H groups in total. The van der Waals surface area contributed by atoms with E-state index in [2.05, 4.69) is 35.6 Å². The molecule has 2 heterocycles. The number of benzene rings is 2. The van der Waals surface area contributed by atoms with Gasteiger partial charge in [0.15, 0.2) is 5.13 Å². The Bertz CT molecular complexity index is 1660. The molecular formula is C22H18BrN5O5S2. The van der Waals surface area contributed by atoms with Gasteiger partial charge in [-0.15, -0.1) is 11.3 Å². The smallest absolute Gasteiger partial charge is 0.335 e. The van der Waals surface area contributed by atoms with E-state index in [0.717, 1.165) is 33.2 Å². The Morgan fingerprint density at radius 1 is 1.17 bits per heavy atom. The van der Waals surface area contributed by atoms with Crippen LogP contribution in [0.4, 0.5) is 10.8 Å². The van der Waals surface area contributed by atoms with Crippen molar-refractivity contribution < 1.29 is 13.5 Å². The third kappa shape index (κ3) is 5.11. The average molecular weight is 576 g/mol. The van der Waals surface area contributed by atoms with Crippen molar-refractivity contribution in [1.82, 2.24) is 14.5 Å². The maximum atomic E-state index is 12.5. The lowest BCUT2D eigenvalue weighted by atomic mass is 10.1. The first-order valence-corrected chi connectivity index (χ1v) is 13.1. The van der Waals surface area contributed by atoms with Gasteiger partial charge in [0, 0.05) is 22.3 Å². The van der Waals surface area contributed by atoms with E-state index in [1.165, 1.54) is 30.5 Å². The average Bonchev–Trinajstić information content (AvgIpc) is 3.29. The zero-order valence-electron chi connectivity index (χ0n) is 18.3. The number of aromatic amines is 1. The molecule has 2 aromatic heterocycles. The molecule has 0 atom stereocenters. The van der Waals surface area contributed by atoms with Crippen molar-refractivity contribution in [2.24, 2.45) is 4.99 Å². The summed E-state index contributed by atoms with van der Waals surface area (Å²) in [6.45, 7) is 3.76. The minimum absolute atomic E-state index is 0.000449. The van der Waals surface area contributed by atoms with Crippen LogP contribution >= 0.6 is 27.3 Å². The van der Waals surface area contributed by atoms with Crippen LogP contribution in [0.2, 0.25) is 0 Å². The number of hydrogen-bond donors (Lipinski definition) is 3. The third-order valence-electron chi connectivity index (χ3n) is 5.07. The summed E-state index contributed by atoms with van der Waals surface area (Å²) in [5, 5.41) is 12.7. The number of aromatic hydroxyl groups is 1. The van der Waals surface area contributed by atoms with Crippen LogP contribution in [-0.4, -0.2) is 34.3 Å². The number of nitrogens with zero attached hydrogens (tertiary/aromatic N) is 3. The molecule has 10 nitrogen and oxygen atoms in total. The quantitative estimate of drug-likeness (QED) is 0.299. The number of rotatable bonds is 6. The first-order chi connectivity index (χ1) is 16.6. The molecule has 0 aliphatic carbocycles. The van der Waals surface area contributed by atoms with Crippen LogP contribution in [0.25, 0.3) is 5.69 Å². The molecule has 2 aromatic carbocycles. The van der Waals surface area contributed by atoms with Gasteiger partial charge in [-0.05, 0) is 77.3 Å². The van der Waals surface area contributed by atoms with Crippen LogP contribution < -0.4 is 16.0 Å². The number of hydrogen-bond acceptors (Lipinski definition) is 8. The van der Waals surface area contributed by atoms with Gasteiger partial charge in [-0.3, -0.25) is 19.5 Å². The number of thiazole rings is 1. The van der Waals surface area contributed by atoms with E-state index in [4.69, 9.17) is 0 Å². The van der Waals surface area contributed by atoms with E-state index in [1.54, 1.807) is 17.5 Å². The second-order valence-corrected chi connectivity index (χ2v) is 10.8. The molecule has 0 unspecified atom stereocenters. The topological polar surface area (TPSA) is 147 Å². The Kier molecular flexibility index (Phi) is 6.74. The molecule has 4 aromatic rings. The lowest BCUT2D eigenvalue weighted by Gasteiger charge is -2.13. The van der Waals surface area contributed by atoms with Crippen LogP contribution in [0.3, 0.4) is 0 Å². The number of anilines is 1. The van der Waals surface area contributed by atoms with Crippen LogP contribution in [0.5, 0.6) is 5.88 Å². The number of aryl methyl sites for hydroxylation is 2. The Balaban J connectivity index is 1.67. The van der Waals surface area contributed by atoms with E-state index in [0.29, 0.717) is 15.8 Å². The Hall–Kier alpha value is -3.55. The number of aliphatic imine (C=N–C) groups is 1. The zero-order valence-corrected chi connectivity index (χ0v) is 21.5. The number of sulfonamides is 1. The lowest BCUT2D eigenvalue weighted by molar-refractivity contribution is 0.430. The molecule has 0 bridgehead atoms. The number of H-pyrrole nitrogens is 1. The summed E-state index contributed by atoms with van der Waals surface area (Å²) >= 11 is 4.54. The molecule has 0 radical (unpaired) electrons.